The van der Waals surface area contributed by atoms with Crippen LogP contribution < -0.4 is 9.47 Å². The monoisotopic (exact) mass is 688 g/mol. The van der Waals surface area contributed by atoms with E-state index < -0.39 is 44.7 Å². The summed E-state index contributed by atoms with van der Waals surface area (Å²) in [5.41, 5.74) is 0. The molecule has 0 spiro atoms. The second-order valence-corrected chi connectivity index (χ2v) is 19.8. The van der Waals surface area contributed by atoms with Crippen molar-refractivity contribution < 1.29 is 46.8 Å². The predicted octanol–water partition coefficient (Wildman–Crippen LogP) is 6.82. The largest absolute Gasteiger partial charge is 0.497 e. The highest BCUT2D eigenvalue weighted by Gasteiger charge is 2.62. The van der Waals surface area contributed by atoms with E-state index in [4.69, 9.17) is 42.0 Å². The number of rotatable bonds is 11. The highest BCUT2D eigenvalue weighted by Crippen LogP contribution is 2.54. The lowest BCUT2D eigenvalue weighted by Gasteiger charge is -2.55. The van der Waals surface area contributed by atoms with Crippen molar-refractivity contribution in [1.29, 1.82) is 0 Å². The zero-order valence-electron chi connectivity index (χ0n) is 30.4. The van der Waals surface area contributed by atoms with E-state index in [9.17, 15) is 4.79 Å². The SMILES string of the molecule is C=CC[C@H]1O[C@H]2CO[Si](C(C)(C)C)(C(C)(C)C)O[C@@H]2C/C=C\[C@@H]1O[C@H](C(=O)OC)[C@H](C=C[C@H]1COC(C)(C)O1)Oc1ccc(OC)cc1. The minimum absolute atomic E-state index is 0.153. The molecular formula is C37H56O10Si. The summed E-state index contributed by atoms with van der Waals surface area (Å²) in [6, 6.07) is 7.11. The fraction of sp³-hybridized carbons (Fsp3) is 0.649. The molecule has 11 heteroatoms. The van der Waals surface area contributed by atoms with Gasteiger partial charge in [-0.2, -0.15) is 0 Å². The molecule has 3 aliphatic heterocycles. The Labute approximate surface area is 287 Å². The molecule has 0 unspecified atom stereocenters. The number of fused-ring (bicyclic) bond motifs is 1. The predicted molar refractivity (Wildman–Crippen MR) is 185 cm³/mol. The molecule has 1 aromatic rings. The first-order valence-corrected chi connectivity index (χ1v) is 18.6. The molecule has 3 aliphatic rings. The van der Waals surface area contributed by atoms with Crippen LogP contribution in [0.4, 0.5) is 0 Å². The lowest BCUT2D eigenvalue weighted by Crippen LogP contribution is -2.65. The summed E-state index contributed by atoms with van der Waals surface area (Å²) in [5, 5.41) is -0.305. The van der Waals surface area contributed by atoms with E-state index in [2.05, 4.69) is 54.2 Å². The molecule has 0 saturated carbocycles. The van der Waals surface area contributed by atoms with Gasteiger partial charge in [-0.3, -0.25) is 0 Å². The van der Waals surface area contributed by atoms with E-state index in [0.717, 1.165) is 0 Å². The van der Waals surface area contributed by atoms with E-state index in [1.807, 2.05) is 26.0 Å². The van der Waals surface area contributed by atoms with Crippen molar-refractivity contribution in [1.82, 2.24) is 0 Å². The van der Waals surface area contributed by atoms with Crippen molar-refractivity contribution in [3.05, 3.63) is 61.2 Å². The first-order valence-electron chi connectivity index (χ1n) is 16.8. The first kappa shape index (κ1) is 38.3. The van der Waals surface area contributed by atoms with E-state index in [1.54, 1.807) is 43.5 Å². The number of ether oxygens (including phenoxy) is 7. The van der Waals surface area contributed by atoms with E-state index in [-0.39, 0.29) is 28.4 Å². The lowest BCUT2D eigenvalue weighted by atomic mass is 10.0. The van der Waals surface area contributed by atoms with E-state index in [0.29, 0.717) is 37.6 Å². The van der Waals surface area contributed by atoms with Gasteiger partial charge in [0.25, 0.3) is 0 Å². The molecule has 0 radical (unpaired) electrons. The fourth-order valence-corrected chi connectivity index (χ4v) is 11.7. The Balaban J connectivity index is 1.63. The standard InChI is InChI=1S/C37H56O10Si/c1-12-14-28-29(15-13-16-30-32(44-28)24-42-48(47-30,35(2,3)4)36(5,6)7)45-33(34(38)40-11)31(22-21-27-23-41-37(8,9)46-27)43-26-19-17-25(39-10)18-20-26/h12-13,15,17-22,27-33H,1,14,16,23-24H2,2-11H3/b15-13-,22-21?/t27-,28+,29-,30+,31-,32-,33-/m0/s1. The summed E-state index contributed by atoms with van der Waals surface area (Å²) >= 11 is 0. The first-order chi connectivity index (χ1) is 22.5. The van der Waals surface area contributed by atoms with Crippen LogP contribution in [0.1, 0.15) is 68.2 Å². The lowest BCUT2D eigenvalue weighted by molar-refractivity contribution is -0.183. The third-order valence-corrected chi connectivity index (χ3v) is 14.0. The Hall–Kier alpha value is -2.51. The Kier molecular flexibility index (Phi) is 12.4. The van der Waals surface area contributed by atoms with Gasteiger partial charge < -0.3 is 42.0 Å². The summed E-state index contributed by atoms with van der Waals surface area (Å²) in [6.07, 6.45) is 6.45. The van der Waals surface area contributed by atoms with Crippen LogP contribution in [-0.4, -0.2) is 90.5 Å². The highest BCUT2D eigenvalue weighted by molar-refractivity contribution is 6.73. The average molecular weight is 689 g/mol. The van der Waals surface area contributed by atoms with Gasteiger partial charge in [-0.05, 0) is 57.0 Å². The molecular weight excluding hydrogens is 632 g/mol. The molecule has 0 N–H and O–H groups in total. The summed E-state index contributed by atoms with van der Waals surface area (Å²) in [5.74, 6) is -0.117. The number of esters is 1. The van der Waals surface area contributed by atoms with Gasteiger partial charge >= 0.3 is 14.5 Å². The molecule has 0 amide bonds. The van der Waals surface area contributed by atoms with Crippen LogP contribution in [0.5, 0.6) is 11.5 Å². The minimum atomic E-state index is -2.70. The second kappa shape index (κ2) is 15.6. The maximum absolute atomic E-state index is 13.5. The van der Waals surface area contributed by atoms with Crippen molar-refractivity contribution in [2.75, 3.05) is 27.4 Å². The van der Waals surface area contributed by atoms with E-state index >= 15 is 0 Å². The van der Waals surface area contributed by atoms with Crippen LogP contribution in [0.2, 0.25) is 10.1 Å². The molecule has 3 heterocycles. The van der Waals surface area contributed by atoms with Gasteiger partial charge in [0.2, 0.25) is 0 Å². The molecule has 0 aromatic heterocycles. The van der Waals surface area contributed by atoms with E-state index in [1.165, 1.54) is 7.11 Å². The molecule has 0 bridgehead atoms. The third kappa shape index (κ3) is 8.98. The second-order valence-electron chi connectivity index (χ2n) is 15.0. The molecule has 7 atom stereocenters. The van der Waals surface area contributed by atoms with Gasteiger partial charge in [-0.1, -0.05) is 65.8 Å². The summed E-state index contributed by atoms with van der Waals surface area (Å²) in [7, 11) is 0.225. The number of hydrogen-bond acceptors (Lipinski definition) is 10. The Morgan fingerprint density at radius 1 is 1.04 bits per heavy atom. The van der Waals surface area contributed by atoms with Crippen molar-refractivity contribution in [3.63, 3.8) is 0 Å². The Morgan fingerprint density at radius 3 is 2.27 bits per heavy atom. The molecule has 0 aliphatic carbocycles. The quantitative estimate of drug-likeness (QED) is 0.140. The number of carbonyl (C=O) groups excluding carboxylic acids is 1. The molecule has 268 valence electrons. The van der Waals surface area contributed by atoms with Gasteiger partial charge in [-0.25, -0.2) is 4.79 Å². The molecule has 10 nitrogen and oxygen atoms in total. The average Bonchev–Trinajstić information content (AvgIpc) is 3.37. The number of hydrogen-bond donors (Lipinski definition) is 0. The summed E-state index contributed by atoms with van der Waals surface area (Å²) < 4.78 is 55.8. The van der Waals surface area contributed by atoms with Crippen LogP contribution in [-0.2, 0) is 37.3 Å². The van der Waals surface area contributed by atoms with Gasteiger partial charge in [0.05, 0.1) is 39.6 Å². The Bertz CT molecular complexity index is 1260. The van der Waals surface area contributed by atoms with Gasteiger partial charge in [0.1, 0.15) is 29.8 Å². The number of methoxy groups -OCH3 is 2. The van der Waals surface area contributed by atoms with Crippen LogP contribution in [0.15, 0.2) is 61.2 Å². The van der Waals surface area contributed by atoms with Crippen molar-refractivity contribution in [2.24, 2.45) is 0 Å². The van der Waals surface area contributed by atoms with Gasteiger partial charge in [0, 0.05) is 10.1 Å². The van der Waals surface area contributed by atoms with Gasteiger partial charge in [-0.15, -0.1) is 6.58 Å². The topological polar surface area (TPSA) is 100 Å². The number of benzene rings is 1. The van der Waals surface area contributed by atoms with Crippen molar-refractivity contribution >= 4 is 14.5 Å². The Morgan fingerprint density at radius 2 is 1.71 bits per heavy atom. The maximum Gasteiger partial charge on any atom is 0.349 e. The molecule has 4 rings (SSSR count). The van der Waals surface area contributed by atoms with Crippen LogP contribution in [0, 0.1) is 0 Å². The third-order valence-electron chi connectivity index (χ3n) is 8.88. The van der Waals surface area contributed by atoms with Crippen LogP contribution in [0.25, 0.3) is 0 Å². The fourth-order valence-electron chi connectivity index (χ4n) is 6.74. The normalized spacial score (nSPS) is 29.2. The smallest absolute Gasteiger partial charge is 0.349 e. The maximum atomic E-state index is 13.5. The number of carbonyl (C=O) groups is 1. The zero-order chi connectivity index (χ0) is 35.3. The summed E-state index contributed by atoms with van der Waals surface area (Å²) in [6.45, 7) is 21.7. The molecule has 2 saturated heterocycles. The summed E-state index contributed by atoms with van der Waals surface area (Å²) in [4.78, 5) is 13.5. The highest BCUT2D eigenvalue weighted by atomic mass is 28.4. The van der Waals surface area contributed by atoms with Crippen LogP contribution in [0.3, 0.4) is 0 Å². The minimum Gasteiger partial charge on any atom is -0.497 e. The van der Waals surface area contributed by atoms with Crippen molar-refractivity contribution in [3.8, 4) is 11.5 Å². The molecule has 1 aromatic carbocycles. The zero-order valence-corrected chi connectivity index (χ0v) is 31.4. The molecule has 48 heavy (non-hydrogen) atoms. The van der Waals surface area contributed by atoms with Crippen molar-refractivity contribution in [2.45, 2.75) is 127 Å². The van der Waals surface area contributed by atoms with Gasteiger partial charge in [0.15, 0.2) is 18.0 Å². The molecule has 2 fully saturated rings. The van der Waals surface area contributed by atoms with Crippen LogP contribution >= 0.6 is 0 Å².